The van der Waals surface area contributed by atoms with E-state index in [0.29, 0.717) is 21.8 Å². The minimum absolute atomic E-state index is 0.0651. The number of rotatable bonds is 8. The SMILES string of the molecule is COc1ccc(/C=N/NC(=O)c2ccc(C)s2)cc1COc1ccc(C)cc1[N+](=O)[O-]. The van der Waals surface area contributed by atoms with Crippen molar-refractivity contribution < 1.29 is 19.2 Å². The zero-order valence-electron chi connectivity index (χ0n) is 17.2. The first kappa shape index (κ1) is 22.0. The lowest BCUT2D eigenvalue weighted by Crippen LogP contribution is -2.16. The van der Waals surface area contributed by atoms with Crippen LogP contribution < -0.4 is 14.9 Å². The zero-order valence-corrected chi connectivity index (χ0v) is 18.1. The van der Waals surface area contributed by atoms with Crippen molar-refractivity contribution in [2.75, 3.05) is 7.11 Å². The van der Waals surface area contributed by atoms with E-state index >= 15 is 0 Å². The number of benzene rings is 2. The van der Waals surface area contributed by atoms with Crippen LogP contribution in [0.15, 0.2) is 53.6 Å². The third-order valence-electron chi connectivity index (χ3n) is 4.34. The Balaban J connectivity index is 1.72. The summed E-state index contributed by atoms with van der Waals surface area (Å²) in [6.45, 7) is 3.77. The number of hydrogen-bond donors (Lipinski definition) is 1. The molecule has 0 fully saturated rings. The summed E-state index contributed by atoms with van der Waals surface area (Å²) in [4.78, 5) is 24.5. The Hall–Kier alpha value is -3.72. The monoisotopic (exact) mass is 439 g/mol. The first-order valence-electron chi connectivity index (χ1n) is 9.32. The number of nitro benzene ring substituents is 1. The van der Waals surface area contributed by atoms with Gasteiger partial charge in [0.25, 0.3) is 5.91 Å². The lowest BCUT2D eigenvalue weighted by molar-refractivity contribution is -0.386. The molecule has 0 bridgehead atoms. The normalized spacial score (nSPS) is 10.8. The van der Waals surface area contributed by atoms with Gasteiger partial charge in [0, 0.05) is 16.5 Å². The highest BCUT2D eigenvalue weighted by atomic mass is 32.1. The highest BCUT2D eigenvalue weighted by Gasteiger charge is 2.16. The standard InChI is InChI=1S/C22H21N3O5S/c1-14-4-7-20(18(10-14)25(27)28)30-13-17-11-16(6-8-19(17)29-3)12-23-24-22(26)21-9-5-15(2)31-21/h4-12H,13H2,1-3H3,(H,24,26)/b23-12+. The van der Waals surface area contributed by atoms with Gasteiger partial charge in [-0.15, -0.1) is 11.3 Å². The van der Waals surface area contributed by atoms with Gasteiger partial charge in [-0.1, -0.05) is 6.07 Å². The lowest BCUT2D eigenvalue weighted by Gasteiger charge is -2.11. The maximum Gasteiger partial charge on any atom is 0.311 e. The molecule has 0 aliphatic heterocycles. The van der Waals surface area contributed by atoms with Crippen LogP contribution >= 0.6 is 11.3 Å². The fraction of sp³-hybridized carbons (Fsp3) is 0.182. The van der Waals surface area contributed by atoms with Gasteiger partial charge in [0.1, 0.15) is 12.4 Å². The number of ether oxygens (including phenoxy) is 2. The maximum atomic E-state index is 12.1. The van der Waals surface area contributed by atoms with Gasteiger partial charge in [0.15, 0.2) is 5.75 Å². The Morgan fingerprint density at radius 3 is 2.61 bits per heavy atom. The van der Waals surface area contributed by atoms with Crippen molar-refractivity contribution in [1.82, 2.24) is 5.43 Å². The number of aryl methyl sites for hydroxylation is 2. The van der Waals surface area contributed by atoms with Crippen molar-refractivity contribution in [1.29, 1.82) is 0 Å². The second-order valence-corrected chi connectivity index (χ2v) is 7.99. The van der Waals surface area contributed by atoms with Gasteiger partial charge in [0.05, 0.1) is 23.1 Å². The highest BCUT2D eigenvalue weighted by Crippen LogP contribution is 2.30. The molecule has 2 aromatic carbocycles. The molecule has 8 nitrogen and oxygen atoms in total. The molecule has 0 aliphatic rings. The Morgan fingerprint density at radius 2 is 1.94 bits per heavy atom. The van der Waals surface area contributed by atoms with E-state index in [2.05, 4.69) is 10.5 Å². The molecule has 0 unspecified atom stereocenters. The molecule has 1 aromatic heterocycles. The summed E-state index contributed by atoms with van der Waals surface area (Å²) >= 11 is 1.39. The van der Waals surface area contributed by atoms with Crippen LogP contribution in [0.3, 0.4) is 0 Å². The zero-order chi connectivity index (χ0) is 22.4. The molecule has 1 heterocycles. The quantitative estimate of drug-likeness (QED) is 0.313. The Bertz CT molecular complexity index is 1140. The average Bonchev–Trinajstić information content (AvgIpc) is 3.19. The van der Waals surface area contributed by atoms with Crippen molar-refractivity contribution in [3.8, 4) is 11.5 Å². The first-order chi connectivity index (χ1) is 14.9. The molecule has 0 radical (unpaired) electrons. The largest absolute Gasteiger partial charge is 0.496 e. The van der Waals surface area contributed by atoms with Crippen LogP contribution in [-0.2, 0) is 6.61 Å². The van der Waals surface area contributed by atoms with Gasteiger partial charge in [-0.2, -0.15) is 5.10 Å². The molecule has 31 heavy (non-hydrogen) atoms. The second-order valence-electron chi connectivity index (χ2n) is 6.70. The number of nitro groups is 1. The number of nitrogens with zero attached hydrogens (tertiary/aromatic N) is 2. The molecule has 160 valence electrons. The Labute approximate surface area is 183 Å². The first-order valence-corrected chi connectivity index (χ1v) is 10.1. The minimum Gasteiger partial charge on any atom is -0.496 e. The summed E-state index contributed by atoms with van der Waals surface area (Å²) < 4.78 is 11.1. The molecule has 3 aromatic rings. The van der Waals surface area contributed by atoms with E-state index in [1.165, 1.54) is 30.7 Å². The number of carbonyl (C=O) groups excluding carboxylic acids is 1. The van der Waals surface area contributed by atoms with Crippen molar-refractivity contribution >= 4 is 29.1 Å². The number of thiophene rings is 1. The summed E-state index contributed by atoms with van der Waals surface area (Å²) in [6, 6.07) is 13.7. The molecule has 0 spiro atoms. The molecule has 0 saturated heterocycles. The van der Waals surface area contributed by atoms with Gasteiger partial charge >= 0.3 is 5.69 Å². The van der Waals surface area contributed by atoms with Crippen LogP contribution in [0.5, 0.6) is 11.5 Å². The summed E-state index contributed by atoms with van der Waals surface area (Å²) in [6.07, 6.45) is 1.51. The average molecular weight is 439 g/mol. The smallest absolute Gasteiger partial charge is 0.311 e. The van der Waals surface area contributed by atoms with Gasteiger partial charge < -0.3 is 9.47 Å². The van der Waals surface area contributed by atoms with Crippen LogP contribution in [0.2, 0.25) is 0 Å². The third kappa shape index (κ3) is 5.67. The van der Waals surface area contributed by atoms with Crippen LogP contribution in [0.25, 0.3) is 0 Å². The van der Waals surface area contributed by atoms with Crippen LogP contribution in [0.1, 0.15) is 31.2 Å². The molecule has 0 aliphatic carbocycles. The topological polar surface area (TPSA) is 103 Å². The highest BCUT2D eigenvalue weighted by molar-refractivity contribution is 7.13. The molecule has 3 rings (SSSR count). The fourth-order valence-electron chi connectivity index (χ4n) is 2.82. The summed E-state index contributed by atoms with van der Waals surface area (Å²) in [7, 11) is 1.53. The van der Waals surface area contributed by atoms with Crippen molar-refractivity contribution in [2.45, 2.75) is 20.5 Å². The van der Waals surface area contributed by atoms with Crippen LogP contribution in [0.4, 0.5) is 5.69 Å². The number of hydrazone groups is 1. The lowest BCUT2D eigenvalue weighted by atomic mass is 10.1. The summed E-state index contributed by atoms with van der Waals surface area (Å²) in [5.41, 5.74) is 4.56. The summed E-state index contributed by atoms with van der Waals surface area (Å²) in [5, 5.41) is 15.3. The number of carbonyl (C=O) groups is 1. The molecule has 0 saturated carbocycles. The maximum absolute atomic E-state index is 12.1. The number of nitrogens with one attached hydrogen (secondary N) is 1. The number of hydrogen-bond acceptors (Lipinski definition) is 7. The Morgan fingerprint density at radius 1 is 1.16 bits per heavy atom. The van der Waals surface area contributed by atoms with Crippen molar-refractivity contribution in [2.24, 2.45) is 5.10 Å². The van der Waals surface area contributed by atoms with Crippen LogP contribution in [0, 0.1) is 24.0 Å². The number of amides is 1. The van der Waals surface area contributed by atoms with Crippen molar-refractivity contribution in [3.05, 3.63) is 85.1 Å². The second kappa shape index (κ2) is 9.86. The third-order valence-corrected chi connectivity index (χ3v) is 5.34. The van der Waals surface area contributed by atoms with E-state index in [-0.39, 0.29) is 24.0 Å². The molecular formula is C22H21N3O5S. The van der Waals surface area contributed by atoms with Gasteiger partial charge in [-0.3, -0.25) is 14.9 Å². The minimum atomic E-state index is -0.472. The molecule has 9 heteroatoms. The van der Waals surface area contributed by atoms with E-state index in [9.17, 15) is 14.9 Å². The van der Waals surface area contributed by atoms with Gasteiger partial charge in [-0.05, 0) is 61.4 Å². The van der Waals surface area contributed by atoms with Gasteiger partial charge in [0.2, 0.25) is 0 Å². The van der Waals surface area contributed by atoms with Crippen LogP contribution in [-0.4, -0.2) is 24.2 Å². The van der Waals surface area contributed by atoms with E-state index < -0.39 is 4.92 Å². The molecular weight excluding hydrogens is 418 g/mol. The fourth-order valence-corrected chi connectivity index (χ4v) is 3.57. The van der Waals surface area contributed by atoms with E-state index in [4.69, 9.17) is 9.47 Å². The predicted molar refractivity (Wildman–Crippen MR) is 119 cm³/mol. The van der Waals surface area contributed by atoms with Crippen molar-refractivity contribution in [3.63, 3.8) is 0 Å². The van der Waals surface area contributed by atoms with E-state index in [1.54, 1.807) is 43.3 Å². The molecule has 1 N–H and O–H groups in total. The Kier molecular flexibility index (Phi) is 6.99. The van der Waals surface area contributed by atoms with Gasteiger partial charge in [-0.25, -0.2) is 5.43 Å². The molecule has 0 atom stereocenters. The predicted octanol–water partition coefficient (Wildman–Crippen LogP) is 4.62. The van der Waals surface area contributed by atoms with E-state index in [1.807, 2.05) is 13.0 Å². The van der Waals surface area contributed by atoms with E-state index in [0.717, 1.165) is 10.4 Å². The summed E-state index contributed by atoms with van der Waals surface area (Å²) in [5.74, 6) is 0.471. The number of methoxy groups -OCH3 is 1. The molecule has 1 amide bonds.